The first-order chi connectivity index (χ1) is 13.5. The molecule has 142 valence electrons. The van der Waals surface area contributed by atoms with Crippen LogP contribution in [-0.2, 0) is 11.2 Å². The van der Waals surface area contributed by atoms with Gasteiger partial charge in [0.1, 0.15) is 10.8 Å². The first-order valence-electron chi connectivity index (χ1n) is 8.31. The summed E-state index contributed by atoms with van der Waals surface area (Å²) >= 11 is 1.11. The lowest BCUT2D eigenvalue weighted by Gasteiger charge is -2.01. The lowest BCUT2D eigenvalue weighted by molar-refractivity contribution is -0.120. The minimum atomic E-state index is -0.389. The quantitative estimate of drug-likeness (QED) is 0.438. The second-order valence-electron chi connectivity index (χ2n) is 5.85. The average molecular weight is 395 g/mol. The molecular formula is C19H17N5O3S. The van der Waals surface area contributed by atoms with E-state index in [2.05, 4.69) is 26.0 Å². The number of aromatic nitrogens is 2. The van der Waals surface area contributed by atoms with Gasteiger partial charge in [0.2, 0.25) is 11.0 Å². The highest BCUT2D eigenvalue weighted by atomic mass is 32.1. The van der Waals surface area contributed by atoms with E-state index in [0.29, 0.717) is 21.3 Å². The maximum atomic E-state index is 12.2. The van der Waals surface area contributed by atoms with E-state index in [4.69, 9.17) is 0 Å². The van der Waals surface area contributed by atoms with Crippen molar-refractivity contribution >= 4 is 34.5 Å². The third-order valence-electron chi connectivity index (χ3n) is 3.61. The molecule has 9 heteroatoms. The molecule has 3 aromatic rings. The zero-order valence-electron chi connectivity index (χ0n) is 14.9. The van der Waals surface area contributed by atoms with E-state index in [1.165, 1.54) is 12.3 Å². The van der Waals surface area contributed by atoms with Gasteiger partial charge in [-0.05, 0) is 31.2 Å². The fraction of sp³-hybridized carbons (Fsp3) is 0.105. The van der Waals surface area contributed by atoms with Crippen LogP contribution in [0.5, 0.6) is 5.75 Å². The standard InChI is InChI=1S/C19H17N5O3S/c1-12-5-4-7-13(9-12)18(27)21-19-24-23-17(28-19)10-16(26)22-20-11-14-6-2-3-8-15(14)25/h2-9,11,25H,10H2,1H3,(H,22,26)(H,21,24,27). The van der Waals surface area contributed by atoms with E-state index < -0.39 is 0 Å². The Kier molecular flexibility index (Phi) is 6.07. The van der Waals surface area contributed by atoms with E-state index >= 15 is 0 Å². The third kappa shape index (κ3) is 5.21. The van der Waals surface area contributed by atoms with Gasteiger partial charge in [-0.1, -0.05) is 41.2 Å². The number of carbonyl (C=O) groups excluding carboxylic acids is 2. The predicted octanol–water partition coefficient (Wildman–Crippen LogP) is 2.50. The molecule has 8 nitrogen and oxygen atoms in total. The summed E-state index contributed by atoms with van der Waals surface area (Å²) in [4.78, 5) is 24.2. The molecule has 2 aromatic carbocycles. The number of nitrogens with zero attached hydrogens (tertiary/aromatic N) is 3. The Morgan fingerprint density at radius 3 is 2.79 bits per heavy atom. The molecular weight excluding hydrogens is 378 g/mol. The van der Waals surface area contributed by atoms with Crippen molar-refractivity contribution in [3.8, 4) is 5.75 Å². The van der Waals surface area contributed by atoms with E-state index in [1.54, 1.807) is 36.4 Å². The lowest BCUT2D eigenvalue weighted by Crippen LogP contribution is -2.19. The molecule has 1 heterocycles. The summed E-state index contributed by atoms with van der Waals surface area (Å²) in [5.74, 6) is -0.610. The molecule has 0 radical (unpaired) electrons. The number of hydrogen-bond acceptors (Lipinski definition) is 7. The molecule has 0 aliphatic heterocycles. The normalized spacial score (nSPS) is 10.8. The smallest absolute Gasteiger partial charge is 0.257 e. The Morgan fingerprint density at radius 2 is 2.00 bits per heavy atom. The highest BCUT2D eigenvalue weighted by Crippen LogP contribution is 2.17. The van der Waals surface area contributed by atoms with Crippen LogP contribution in [0.4, 0.5) is 5.13 Å². The number of amides is 2. The summed E-state index contributed by atoms with van der Waals surface area (Å²) in [6.07, 6.45) is 1.32. The van der Waals surface area contributed by atoms with Crippen molar-refractivity contribution in [2.75, 3.05) is 5.32 Å². The SMILES string of the molecule is Cc1cccc(C(=O)Nc2nnc(CC(=O)NN=Cc3ccccc3O)s2)c1. The number of phenols is 1. The molecule has 3 N–H and O–H groups in total. The molecule has 0 unspecified atom stereocenters. The number of hydrazone groups is 1. The number of anilines is 1. The predicted molar refractivity (Wildman–Crippen MR) is 107 cm³/mol. The van der Waals surface area contributed by atoms with Gasteiger partial charge in [-0.25, -0.2) is 5.43 Å². The van der Waals surface area contributed by atoms with Crippen LogP contribution in [0.2, 0.25) is 0 Å². The molecule has 0 bridgehead atoms. The number of benzene rings is 2. The third-order valence-corrected chi connectivity index (χ3v) is 4.45. The van der Waals surface area contributed by atoms with Gasteiger partial charge in [-0.2, -0.15) is 5.10 Å². The first-order valence-corrected chi connectivity index (χ1v) is 9.13. The molecule has 0 spiro atoms. The zero-order chi connectivity index (χ0) is 19.9. The number of hydrogen-bond donors (Lipinski definition) is 3. The van der Waals surface area contributed by atoms with Crippen LogP contribution in [0.25, 0.3) is 0 Å². The Balaban J connectivity index is 1.53. The number of para-hydroxylation sites is 1. The topological polar surface area (TPSA) is 117 Å². The molecule has 0 saturated carbocycles. The van der Waals surface area contributed by atoms with Crippen LogP contribution in [0, 0.1) is 6.92 Å². The zero-order valence-corrected chi connectivity index (χ0v) is 15.7. The van der Waals surface area contributed by atoms with Crippen molar-refractivity contribution < 1.29 is 14.7 Å². The van der Waals surface area contributed by atoms with Gasteiger partial charge >= 0.3 is 0 Å². The number of aromatic hydroxyl groups is 1. The van der Waals surface area contributed by atoms with Gasteiger partial charge in [0.15, 0.2) is 0 Å². The first kappa shape index (κ1) is 19.2. The van der Waals surface area contributed by atoms with Gasteiger partial charge < -0.3 is 5.11 Å². The molecule has 0 aliphatic carbocycles. The van der Waals surface area contributed by atoms with E-state index in [1.807, 2.05) is 13.0 Å². The number of rotatable bonds is 6. The van der Waals surface area contributed by atoms with Crippen molar-refractivity contribution in [3.63, 3.8) is 0 Å². The molecule has 3 rings (SSSR count). The molecule has 28 heavy (non-hydrogen) atoms. The van der Waals surface area contributed by atoms with Crippen LogP contribution in [0.3, 0.4) is 0 Å². The molecule has 0 atom stereocenters. The summed E-state index contributed by atoms with van der Waals surface area (Å²) in [5, 5.41) is 24.6. The summed E-state index contributed by atoms with van der Waals surface area (Å²) in [7, 11) is 0. The lowest BCUT2D eigenvalue weighted by atomic mass is 10.1. The maximum absolute atomic E-state index is 12.2. The second-order valence-corrected chi connectivity index (χ2v) is 6.92. The van der Waals surface area contributed by atoms with Crippen molar-refractivity contribution in [3.05, 3.63) is 70.2 Å². The minimum absolute atomic E-state index is 0.0317. The highest BCUT2D eigenvalue weighted by molar-refractivity contribution is 7.15. The Hall–Kier alpha value is -3.59. The van der Waals surface area contributed by atoms with E-state index in [9.17, 15) is 14.7 Å². The van der Waals surface area contributed by atoms with Crippen LogP contribution >= 0.6 is 11.3 Å². The van der Waals surface area contributed by atoms with Crippen molar-refractivity contribution in [2.24, 2.45) is 5.10 Å². The summed E-state index contributed by atoms with van der Waals surface area (Å²) in [6.45, 7) is 1.90. The number of nitrogens with one attached hydrogen (secondary N) is 2. The monoisotopic (exact) mass is 395 g/mol. The van der Waals surface area contributed by atoms with E-state index in [0.717, 1.165) is 16.9 Å². The molecule has 0 aliphatic rings. The van der Waals surface area contributed by atoms with Gasteiger partial charge in [0.05, 0.1) is 12.6 Å². The Morgan fingerprint density at radius 1 is 1.18 bits per heavy atom. The summed E-state index contributed by atoms with van der Waals surface area (Å²) in [5.41, 5.74) is 4.35. The Bertz CT molecular complexity index is 1030. The maximum Gasteiger partial charge on any atom is 0.257 e. The van der Waals surface area contributed by atoms with Crippen LogP contribution in [-0.4, -0.2) is 33.3 Å². The number of carbonyl (C=O) groups is 2. The van der Waals surface area contributed by atoms with Crippen LogP contribution in [0.15, 0.2) is 53.6 Å². The average Bonchev–Trinajstić information content (AvgIpc) is 3.10. The minimum Gasteiger partial charge on any atom is -0.507 e. The fourth-order valence-electron chi connectivity index (χ4n) is 2.28. The number of phenolic OH excluding ortho intramolecular Hbond substituents is 1. The largest absolute Gasteiger partial charge is 0.507 e. The fourth-order valence-corrected chi connectivity index (χ4v) is 3.01. The van der Waals surface area contributed by atoms with E-state index in [-0.39, 0.29) is 24.0 Å². The van der Waals surface area contributed by atoms with Gasteiger partial charge in [0, 0.05) is 11.1 Å². The van der Waals surface area contributed by atoms with Crippen molar-refractivity contribution in [1.29, 1.82) is 0 Å². The molecule has 1 aromatic heterocycles. The Labute approximate surface area is 165 Å². The van der Waals surface area contributed by atoms with Crippen LogP contribution < -0.4 is 10.7 Å². The summed E-state index contributed by atoms with van der Waals surface area (Å²) in [6, 6.07) is 13.8. The molecule has 0 saturated heterocycles. The summed E-state index contributed by atoms with van der Waals surface area (Å²) < 4.78 is 0. The second kappa shape index (κ2) is 8.87. The highest BCUT2D eigenvalue weighted by Gasteiger charge is 2.12. The molecule has 2 amide bonds. The van der Waals surface area contributed by atoms with Crippen molar-refractivity contribution in [1.82, 2.24) is 15.6 Å². The van der Waals surface area contributed by atoms with Crippen LogP contribution in [0.1, 0.15) is 26.5 Å². The van der Waals surface area contributed by atoms with Gasteiger partial charge in [-0.3, -0.25) is 14.9 Å². The molecule has 0 fully saturated rings. The van der Waals surface area contributed by atoms with Gasteiger partial charge in [0.25, 0.3) is 5.91 Å². The van der Waals surface area contributed by atoms with Crippen molar-refractivity contribution in [2.45, 2.75) is 13.3 Å². The van der Waals surface area contributed by atoms with Gasteiger partial charge in [-0.15, -0.1) is 10.2 Å². The number of aryl methyl sites for hydroxylation is 1.